The molecule has 0 aliphatic heterocycles. The van der Waals surface area contributed by atoms with Crippen molar-refractivity contribution in [3.63, 3.8) is 0 Å². The standard InChI is InChI=1S/C10H16O2/c1-8(2)6-5-7-9(11)10(3,4)12/h5-7,12H,1-4H3/b7-5-. The average Bonchev–Trinajstić information content (AvgIpc) is 1.84. The highest BCUT2D eigenvalue weighted by Crippen LogP contribution is 2.03. The first-order valence-electron chi connectivity index (χ1n) is 3.92. The molecule has 0 atom stereocenters. The highest BCUT2D eigenvalue weighted by Gasteiger charge is 2.19. The summed E-state index contributed by atoms with van der Waals surface area (Å²) in [4.78, 5) is 11.1. The molecule has 0 saturated heterocycles. The second-order valence-electron chi connectivity index (χ2n) is 3.53. The predicted octanol–water partition coefficient (Wildman–Crippen LogP) is 1.85. The van der Waals surface area contributed by atoms with E-state index in [1.54, 1.807) is 6.08 Å². The summed E-state index contributed by atoms with van der Waals surface area (Å²) in [5, 5.41) is 9.23. The van der Waals surface area contributed by atoms with Gasteiger partial charge in [0, 0.05) is 0 Å². The molecule has 0 amide bonds. The minimum Gasteiger partial charge on any atom is -0.382 e. The van der Waals surface area contributed by atoms with Crippen LogP contribution in [0.3, 0.4) is 0 Å². The van der Waals surface area contributed by atoms with E-state index < -0.39 is 5.60 Å². The molecular formula is C10H16O2. The highest BCUT2D eigenvalue weighted by atomic mass is 16.3. The first-order valence-corrected chi connectivity index (χ1v) is 3.92. The average molecular weight is 168 g/mol. The molecule has 2 heteroatoms. The van der Waals surface area contributed by atoms with Crippen LogP contribution >= 0.6 is 0 Å². The van der Waals surface area contributed by atoms with E-state index >= 15 is 0 Å². The van der Waals surface area contributed by atoms with Crippen molar-refractivity contribution in [2.45, 2.75) is 33.3 Å². The minimum absolute atomic E-state index is 0.278. The summed E-state index contributed by atoms with van der Waals surface area (Å²) >= 11 is 0. The van der Waals surface area contributed by atoms with E-state index in [1.807, 2.05) is 19.9 Å². The maximum Gasteiger partial charge on any atom is 0.186 e. The van der Waals surface area contributed by atoms with Crippen LogP contribution < -0.4 is 0 Å². The summed E-state index contributed by atoms with van der Waals surface area (Å²) in [7, 11) is 0. The van der Waals surface area contributed by atoms with Crippen molar-refractivity contribution >= 4 is 5.78 Å². The lowest BCUT2D eigenvalue weighted by Crippen LogP contribution is -2.29. The molecule has 0 heterocycles. The van der Waals surface area contributed by atoms with E-state index in [-0.39, 0.29) is 5.78 Å². The Morgan fingerprint density at radius 1 is 1.33 bits per heavy atom. The van der Waals surface area contributed by atoms with Crippen molar-refractivity contribution in [1.29, 1.82) is 0 Å². The molecule has 0 aliphatic rings. The predicted molar refractivity (Wildman–Crippen MR) is 49.9 cm³/mol. The Morgan fingerprint density at radius 2 is 1.83 bits per heavy atom. The summed E-state index contributed by atoms with van der Waals surface area (Å²) in [6, 6.07) is 0. The Bertz CT molecular complexity index is 212. The van der Waals surface area contributed by atoms with Crippen molar-refractivity contribution in [2.24, 2.45) is 0 Å². The van der Waals surface area contributed by atoms with E-state index in [2.05, 4.69) is 0 Å². The lowest BCUT2D eigenvalue weighted by atomic mass is 10.0. The van der Waals surface area contributed by atoms with Crippen LogP contribution in [0.5, 0.6) is 0 Å². The number of carbonyl (C=O) groups is 1. The Labute approximate surface area is 73.6 Å². The van der Waals surface area contributed by atoms with Crippen LogP contribution in [0.1, 0.15) is 27.7 Å². The van der Waals surface area contributed by atoms with Gasteiger partial charge in [-0.15, -0.1) is 0 Å². The maximum absolute atomic E-state index is 11.1. The lowest BCUT2D eigenvalue weighted by Gasteiger charge is -2.11. The number of hydrogen-bond acceptors (Lipinski definition) is 2. The van der Waals surface area contributed by atoms with Gasteiger partial charge >= 0.3 is 0 Å². The Morgan fingerprint density at radius 3 is 2.17 bits per heavy atom. The number of carbonyl (C=O) groups excluding carboxylic acids is 1. The van der Waals surface area contributed by atoms with Gasteiger partial charge in [-0.3, -0.25) is 4.79 Å². The first-order chi connectivity index (χ1) is 5.34. The molecule has 0 aromatic rings. The van der Waals surface area contributed by atoms with Crippen LogP contribution in [0.15, 0.2) is 23.8 Å². The van der Waals surface area contributed by atoms with Crippen molar-refractivity contribution in [1.82, 2.24) is 0 Å². The molecule has 12 heavy (non-hydrogen) atoms. The number of hydrogen-bond donors (Lipinski definition) is 1. The lowest BCUT2D eigenvalue weighted by molar-refractivity contribution is -0.128. The Kier molecular flexibility index (Phi) is 3.90. The third-order valence-corrected chi connectivity index (χ3v) is 1.28. The van der Waals surface area contributed by atoms with Gasteiger partial charge in [-0.05, 0) is 33.8 Å². The number of rotatable bonds is 3. The quantitative estimate of drug-likeness (QED) is 0.516. The van der Waals surface area contributed by atoms with Gasteiger partial charge < -0.3 is 5.11 Å². The number of ketones is 1. The van der Waals surface area contributed by atoms with Gasteiger partial charge in [0.05, 0.1) is 0 Å². The monoisotopic (exact) mass is 168 g/mol. The first kappa shape index (κ1) is 11.1. The van der Waals surface area contributed by atoms with Crippen LogP contribution in [0.4, 0.5) is 0 Å². The van der Waals surface area contributed by atoms with Crippen LogP contribution in [0.2, 0.25) is 0 Å². The van der Waals surface area contributed by atoms with Crippen LogP contribution in [0.25, 0.3) is 0 Å². The molecule has 0 aromatic carbocycles. The van der Waals surface area contributed by atoms with E-state index in [0.717, 1.165) is 5.57 Å². The highest BCUT2D eigenvalue weighted by molar-refractivity contribution is 5.96. The Hall–Kier alpha value is -0.890. The summed E-state index contributed by atoms with van der Waals surface area (Å²) in [5.41, 5.74) is -0.138. The third-order valence-electron chi connectivity index (χ3n) is 1.28. The zero-order chi connectivity index (χ0) is 9.78. The van der Waals surface area contributed by atoms with Crippen molar-refractivity contribution in [3.05, 3.63) is 23.8 Å². The molecule has 0 rings (SSSR count). The van der Waals surface area contributed by atoms with E-state index in [4.69, 9.17) is 0 Å². The van der Waals surface area contributed by atoms with Crippen LogP contribution in [0, 0.1) is 0 Å². The number of allylic oxidation sites excluding steroid dienone is 3. The van der Waals surface area contributed by atoms with Gasteiger partial charge in [-0.1, -0.05) is 17.7 Å². The van der Waals surface area contributed by atoms with Crippen molar-refractivity contribution in [3.8, 4) is 0 Å². The fraction of sp³-hybridized carbons (Fsp3) is 0.500. The molecule has 0 saturated carbocycles. The van der Waals surface area contributed by atoms with Gasteiger partial charge in [0.2, 0.25) is 0 Å². The van der Waals surface area contributed by atoms with E-state index in [1.165, 1.54) is 19.9 Å². The second kappa shape index (κ2) is 4.21. The molecule has 0 unspecified atom stereocenters. The smallest absolute Gasteiger partial charge is 0.186 e. The maximum atomic E-state index is 11.1. The Balaban J connectivity index is 4.20. The van der Waals surface area contributed by atoms with E-state index in [9.17, 15) is 9.90 Å². The SMILES string of the molecule is CC(C)=C/C=C\C(=O)C(C)(C)O. The van der Waals surface area contributed by atoms with Gasteiger partial charge in [-0.2, -0.15) is 0 Å². The molecule has 0 spiro atoms. The van der Waals surface area contributed by atoms with E-state index in [0.29, 0.717) is 0 Å². The largest absolute Gasteiger partial charge is 0.382 e. The minimum atomic E-state index is -1.26. The molecule has 0 radical (unpaired) electrons. The van der Waals surface area contributed by atoms with Crippen molar-refractivity contribution < 1.29 is 9.90 Å². The second-order valence-corrected chi connectivity index (χ2v) is 3.53. The van der Waals surface area contributed by atoms with Crippen molar-refractivity contribution in [2.75, 3.05) is 0 Å². The molecule has 68 valence electrons. The zero-order valence-corrected chi connectivity index (χ0v) is 8.09. The topological polar surface area (TPSA) is 37.3 Å². The third kappa shape index (κ3) is 4.85. The fourth-order valence-electron chi connectivity index (χ4n) is 0.532. The van der Waals surface area contributed by atoms with Gasteiger partial charge in [-0.25, -0.2) is 0 Å². The molecule has 0 fully saturated rings. The fourth-order valence-corrected chi connectivity index (χ4v) is 0.532. The number of aliphatic hydroxyl groups is 1. The van der Waals surface area contributed by atoms with Gasteiger partial charge in [0.1, 0.15) is 5.60 Å². The summed E-state index contributed by atoms with van der Waals surface area (Å²) in [6.07, 6.45) is 4.85. The zero-order valence-electron chi connectivity index (χ0n) is 8.09. The molecule has 2 nitrogen and oxygen atoms in total. The summed E-state index contributed by atoms with van der Waals surface area (Å²) in [5.74, 6) is -0.278. The molecule has 0 aliphatic carbocycles. The molecule has 0 aromatic heterocycles. The molecular weight excluding hydrogens is 152 g/mol. The van der Waals surface area contributed by atoms with Gasteiger partial charge in [0.15, 0.2) is 5.78 Å². The van der Waals surface area contributed by atoms with Crippen LogP contribution in [-0.4, -0.2) is 16.5 Å². The summed E-state index contributed by atoms with van der Waals surface area (Å²) in [6.45, 7) is 6.84. The van der Waals surface area contributed by atoms with Gasteiger partial charge in [0.25, 0.3) is 0 Å². The molecule has 0 bridgehead atoms. The van der Waals surface area contributed by atoms with Crippen LogP contribution in [-0.2, 0) is 4.79 Å². The summed E-state index contributed by atoms with van der Waals surface area (Å²) < 4.78 is 0. The normalized spacial score (nSPS) is 11.8. The molecule has 1 N–H and O–H groups in total.